The van der Waals surface area contributed by atoms with Gasteiger partial charge in [0.1, 0.15) is 16.9 Å². The zero-order valence-electron chi connectivity index (χ0n) is 20.5. The molecule has 0 aliphatic carbocycles. The first-order valence-electron chi connectivity index (χ1n) is 11.9. The number of H-pyrrole nitrogens is 2. The molecular formula is C25H27FN10. The van der Waals surface area contributed by atoms with Gasteiger partial charge in [0.05, 0.1) is 22.6 Å². The highest BCUT2D eigenvalue weighted by Crippen LogP contribution is 2.33. The minimum atomic E-state index is -0.460. The van der Waals surface area contributed by atoms with Crippen LogP contribution in [0.15, 0.2) is 36.9 Å². The quantitative estimate of drug-likeness (QED) is 0.391. The van der Waals surface area contributed by atoms with Crippen LogP contribution < -0.4 is 4.90 Å². The first kappa shape index (κ1) is 22.5. The summed E-state index contributed by atoms with van der Waals surface area (Å²) in [5.74, 6) is 0.850. The summed E-state index contributed by atoms with van der Waals surface area (Å²) in [6.07, 6.45) is 6.79. The Morgan fingerprint density at radius 3 is 2.67 bits per heavy atom. The van der Waals surface area contributed by atoms with Gasteiger partial charge >= 0.3 is 0 Å². The Bertz CT molecular complexity index is 1550. The van der Waals surface area contributed by atoms with Gasteiger partial charge in [-0.05, 0) is 38.8 Å². The number of halogens is 1. The zero-order chi connectivity index (χ0) is 24.8. The Balaban J connectivity index is 1.43. The predicted molar refractivity (Wildman–Crippen MR) is 137 cm³/mol. The number of hydrogen-bond acceptors (Lipinski definition) is 8. The lowest BCUT2D eigenvalue weighted by molar-refractivity contribution is 0.312. The first-order chi connectivity index (χ1) is 17.5. The zero-order valence-corrected chi connectivity index (χ0v) is 20.5. The summed E-state index contributed by atoms with van der Waals surface area (Å²) < 4.78 is 16.0. The fourth-order valence-corrected chi connectivity index (χ4v) is 4.70. The van der Waals surface area contributed by atoms with Gasteiger partial charge in [0.15, 0.2) is 17.5 Å². The largest absolute Gasteiger partial charge is 0.352 e. The Kier molecular flexibility index (Phi) is 5.57. The van der Waals surface area contributed by atoms with E-state index >= 15 is 4.39 Å². The molecule has 11 heteroatoms. The van der Waals surface area contributed by atoms with Crippen molar-refractivity contribution in [2.75, 3.05) is 52.2 Å². The first-order valence-corrected chi connectivity index (χ1v) is 11.9. The standard InChI is InChI=1S/C25H27FN10/c1-34(2)14-15-10-16(12-27-11-15)21-20(26)19-18(13-29-21)32-33-23(19)24-30-17-4-5-28-25(22(17)31-24)36-8-6-35(3)7-9-36/h4-5,10-13H,6-9,14H2,1-3H3,(H,30,31)(H,32,33). The van der Waals surface area contributed by atoms with Crippen molar-refractivity contribution >= 4 is 27.8 Å². The Morgan fingerprint density at radius 1 is 1.03 bits per heavy atom. The summed E-state index contributed by atoms with van der Waals surface area (Å²) in [5.41, 5.74) is 4.32. The fraction of sp³-hybridized carbons (Fsp3) is 0.320. The van der Waals surface area contributed by atoms with Crippen LogP contribution in [0.25, 0.3) is 44.7 Å². The summed E-state index contributed by atoms with van der Waals surface area (Å²) in [5, 5.41) is 7.65. The van der Waals surface area contributed by atoms with Gasteiger partial charge in [0, 0.05) is 56.9 Å². The summed E-state index contributed by atoms with van der Waals surface area (Å²) in [6, 6.07) is 3.80. The topological polar surface area (TPSA) is 106 Å². The number of aromatic nitrogens is 7. The Hall–Kier alpha value is -3.96. The van der Waals surface area contributed by atoms with Crippen molar-refractivity contribution in [3.63, 3.8) is 0 Å². The molecule has 10 nitrogen and oxygen atoms in total. The molecule has 36 heavy (non-hydrogen) atoms. The minimum absolute atomic E-state index is 0.231. The van der Waals surface area contributed by atoms with Gasteiger partial charge in [-0.2, -0.15) is 5.10 Å². The van der Waals surface area contributed by atoms with Crippen LogP contribution in [0.2, 0.25) is 0 Å². The van der Waals surface area contributed by atoms with Gasteiger partial charge < -0.3 is 19.7 Å². The average molecular weight is 487 g/mol. The van der Waals surface area contributed by atoms with E-state index in [1.807, 2.05) is 31.1 Å². The number of rotatable bonds is 5. The highest BCUT2D eigenvalue weighted by atomic mass is 19.1. The van der Waals surface area contributed by atoms with Crippen molar-refractivity contribution in [1.29, 1.82) is 0 Å². The lowest BCUT2D eigenvalue weighted by Crippen LogP contribution is -2.44. The van der Waals surface area contributed by atoms with Crippen molar-refractivity contribution in [3.05, 3.63) is 48.3 Å². The summed E-state index contributed by atoms with van der Waals surface area (Å²) in [4.78, 5) is 28.0. The van der Waals surface area contributed by atoms with Crippen LogP contribution in [0.5, 0.6) is 0 Å². The van der Waals surface area contributed by atoms with Crippen molar-refractivity contribution in [1.82, 2.24) is 44.9 Å². The molecule has 0 unspecified atom stereocenters. The van der Waals surface area contributed by atoms with Crippen molar-refractivity contribution < 1.29 is 4.39 Å². The monoisotopic (exact) mass is 486 g/mol. The van der Waals surface area contributed by atoms with Crippen LogP contribution in [0.3, 0.4) is 0 Å². The fourth-order valence-electron chi connectivity index (χ4n) is 4.70. The molecule has 6 heterocycles. The Labute approximate surface area is 207 Å². The van der Waals surface area contributed by atoms with Gasteiger partial charge in [-0.3, -0.25) is 15.1 Å². The number of likely N-dealkylation sites (N-methyl/N-ethyl adjacent to an activating group) is 1. The smallest absolute Gasteiger partial charge is 0.161 e. The Morgan fingerprint density at radius 2 is 1.86 bits per heavy atom. The van der Waals surface area contributed by atoms with Crippen molar-refractivity contribution in [2.24, 2.45) is 0 Å². The molecule has 184 valence electrons. The molecule has 1 aliphatic heterocycles. The van der Waals surface area contributed by atoms with Gasteiger partial charge in [-0.15, -0.1) is 0 Å². The minimum Gasteiger partial charge on any atom is -0.352 e. The number of pyridine rings is 3. The van der Waals surface area contributed by atoms with Crippen molar-refractivity contribution in [2.45, 2.75) is 6.54 Å². The molecule has 2 N–H and O–H groups in total. The van der Waals surface area contributed by atoms with E-state index in [-0.39, 0.29) is 5.69 Å². The number of anilines is 1. The van der Waals surface area contributed by atoms with Crippen LogP contribution >= 0.6 is 0 Å². The molecule has 0 atom stereocenters. The maximum absolute atomic E-state index is 16.0. The third-order valence-corrected chi connectivity index (χ3v) is 6.52. The maximum atomic E-state index is 16.0. The van der Waals surface area contributed by atoms with Crippen LogP contribution in [0.4, 0.5) is 10.2 Å². The highest BCUT2D eigenvalue weighted by molar-refractivity contribution is 5.96. The van der Waals surface area contributed by atoms with Gasteiger partial charge in [0.2, 0.25) is 0 Å². The SMILES string of the molecule is CN(C)Cc1cncc(-c2ncc3[nH]nc(-c4nc5c(N6CCN(C)CC6)nccc5[nH]4)c3c2F)c1. The van der Waals surface area contributed by atoms with E-state index in [2.05, 4.69) is 47.0 Å². The second-order valence-corrected chi connectivity index (χ2v) is 9.51. The normalized spacial score (nSPS) is 15.0. The summed E-state index contributed by atoms with van der Waals surface area (Å²) in [7, 11) is 6.08. The summed E-state index contributed by atoms with van der Waals surface area (Å²) in [6.45, 7) is 4.38. The molecule has 0 saturated carbocycles. The maximum Gasteiger partial charge on any atom is 0.161 e. The molecule has 6 rings (SSSR count). The van der Waals surface area contributed by atoms with E-state index in [0.29, 0.717) is 34.5 Å². The van der Waals surface area contributed by atoms with Gasteiger partial charge in [-0.25, -0.2) is 14.4 Å². The number of fused-ring (bicyclic) bond motifs is 2. The third kappa shape index (κ3) is 3.95. The van der Waals surface area contributed by atoms with E-state index in [0.717, 1.165) is 48.6 Å². The van der Waals surface area contributed by atoms with Crippen LogP contribution in [-0.4, -0.2) is 92.2 Å². The lowest BCUT2D eigenvalue weighted by atomic mass is 10.1. The van der Waals surface area contributed by atoms with Gasteiger partial charge in [0.25, 0.3) is 0 Å². The molecule has 0 bridgehead atoms. The number of nitrogens with zero attached hydrogens (tertiary/aromatic N) is 8. The van der Waals surface area contributed by atoms with Crippen LogP contribution in [0, 0.1) is 5.82 Å². The molecule has 1 aliphatic rings. The van der Waals surface area contributed by atoms with E-state index in [1.54, 1.807) is 24.8 Å². The third-order valence-electron chi connectivity index (χ3n) is 6.52. The molecule has 5 aromatic heterocycles. The molecule has 0 radical (unpaired) electrons. The molecule has 5 aromatic rings. The number of aromatic amines is 2. The number of imidazole rings is 1. The summed E-state index contributed by atoms with van der Waals surface area (Å²) >= 11 is 0. The second-order valence-electron chi connectivity index (χ2n) is 9.51. The molecule has 0 amide bonds. The second kappa shape index (κ2) is 8.92. The average Bonchev–Trinajstić information content (AvgIpc) is 3.49. The van der Waals surface area contributed by atoms with Crippen LogP contribution in [0.1, 0.15) is 5.56 Å². The number of hydrogen-bond donors (Lipinski definition) is 2. The van der Waals surface area contributed by atoms with Crippen molar-refractivity contribution in [3.8, 4) is 22.8 Å². The molecule has 1 saturated heterocycles. The van der Waals surface area contributed by atoms with E-state index in [4.69, 9.17) is 4.98 Å². The van der Waals surface area contributed by atoms with Gasteiger partial charge in [-0.1, -0.05) is 0 Å². The number of piperazine rings is 1. The molecular weight excluding hydrogens is 459 g/mol. The highest BCUT2D eigenvalue weighted by Gasteiger charge is 2.23. The van der Waals surface area contributed by atoms with E-state index in [1.165, 1.54) is 0 Å². The number of nitrogens with one attached hydrogen (secondary N) is 2. The van der Waals surface area contributed by atoms with E-state index in [9.17, 15) is 0 Å². The molecule has 0 aromatic carbocycles. The van der Waals surface area contributed by atoms with E-state index < -0.39 is 5.82 Å². The lowest BCUT2D eigenvalue weighted by Gasteiger charge is -2.33. The molecule has 0 spiro atoms. The predicted octanol–water partition coefficient (Wildman–Crippen LogP) is 2.91. The molecule has 1 fully saturated rings. The van der Waals surface area contributed by atoms with Crippen LogP contribution in [-0.2, 0) is 6.54 Å².